The number of nitrogens with two attached hydrogens (primary N) is 1. The van der Waals surface area contributed by atoms with E-state index in [-0.39, 0.29) is 41.3 Å². The van der Waals surface area contributed by atoms with Gasteiger partial charge in [-0.05, 0) is 47.0 Å². The van der Waals surface area contributed by atoms with Gasteiger partial charge in [0.15, 0.2) is 0 Å². The number of anilines is 3. The number of nitrogen functional groups attached to an aromatic ring is 1. The van der Waals surface area contributed by atoms with Crippen molar-refractivity contribution in [3.63, 3.8) is 0 Å². The van der Waals surface area contributed by atoms with E-state index in [1.54, 1.807) is 51.8 Å². The van der Waals surface area contributed by atoms with Crippen LogP contribution in [-0.4, -0.2) is 51.4 Å². The lowest BCUT2D eigenvalue weighted by molar-refractivity contribution is 0.0462. The molecule has 4 aromatic heterocycles. The molecular formula is C46H39Cl2N11O3. The van der Waals surface area contributed by atoms with Crippen molar-refractivity contribution in [2.45, 2.75) is 26.0 Å². The molecule has 16 heteroatoms. The van der Waals surface area contributed by atoms with Gasteiger partial charge >= 0.3 is 5.97 Å². The van der Waals surface area contributed by atoms with Gasteiger partial charge in [-0.25, -0.2) is 24.7 Å². The van der Waals surface area contributed by atoms with Crippen molar-refractivity contribution in [2.24, 2.45) is 14.1 Å². The summed E-state index contributed by atoms with van der Waals surface area (Å²) in [5, 5.41) is 16.1. The Morgan fingerprint density at radius 2 is 1.39 bits per heavy atom. The minimum Gasteiger partial charge on any atom is -0.456 e. The smallest absolute Gasteiger partial charge is 0.338 e. The van der Waals surface area contributed by atoms with Gasteiger partial charge in [-0.15, -0.1) is 0 Å². The first-order chi connectivity index (χ1) is 30.1. The van der Waals surface area contributed by atoms with Crippen LogP contribution < -0.4 is 16.4 Å². The fourth-order valence-electron chi connectivity index (χ4n) is 7.01. The van der Waals surface area contributed by atoms with Crippen LogP contribution in [0.4, 0.5) is 17.6 Å². The number of rotatable bonds is 14. The molecule has 14 nitrogen and oxygen atoms in total. The molecule has 8 aromatic rings. The van der Waals surface area contributed by atoms with Crippen LogP contribution in [-0.2, 0) is 44.8 Å². The van der Waals surface area contributed by atoms with E-state index in [1.807, 2.05) is 99.2 Å². The maximum Gasteiger partial charge on any atom is 0.338 e. The molecule has 0 aliphatic carbocycles. The van der Waals surface area contributed by atoms with Gasteiger partial charge in [-0.2, -0.15) is 10.2 Å². The standard InChI is InChI=1S/C46H39Cl2N11O3/c1-58-26-32(41(56-58)36-23-39(47)54-45(49)52-36)22-31-15-9-10-16-34(31)43(60)50-25-29-17-19-33(20-18-29)51-46-53-37(24-40(48)55-46)42-35(21-28-11-5-3-6-12-28)38(59(2)57-42)27-62-44(61)30-13-7-4-8-14-30/h3-20,23-24,26H,21-22,25,27H2,1-2H3,(H,50,60)(H2,49,52,54)(H,51,53,55). The first-order valence-corrected chi connectivity index (χ1v) is 20.2. The van der Waals surface area contributed by atoms with Gasteiger partial charge in [-0.1, -0.05) is 102 Å². The van der Waals surface area contributed by atoms with Gasteiger partial charge in [-0.3, -0.25) is 14.2 Å². The second kappa shape index (κ2) is 18.5. The summed E-state index contributed by atoms with van der Waals surface area (Å²) in [7, 11) is 3.62. The molecule has 310 valence electrons. The Kier molecular flexibility index (Phi) is 12.3. The molecule has 0 fully saturated rings. The molecule has 0 spiro atoms. The first-order valence-electron chi connectivity index (χ1n) is 19.5. The highest BCUT2D eigenvalue weighted by Gasteiger charge is 2.23. The number of nitrogens with one attached hydrogen (secondary N) is 2. The maximum atomic E-state index is 13.6. The third-order valence-electron chi connectivity index (χ3n) is 9.95. The SMILES string of the molecule is Cn1cc(Cc2ccccc2C(=O)NCc2ccc(Nc3nc(Cl)cc(-c4nn(C)c(COC(=O)c5ccccc5)c4Cc4ccccc4)n3)cc2)c(-c2cc(Cl)nc(N)n2)n1. The number of hydrogen-bond donors (Lipinski definition) is 3. The molecule has 0 radical (unpaired) electrons. The number of esters is 1. The van der Waals surface area contributed by atoms with Crippen LogP contribution in [0.25, 0.3) is 22.8 Å². The van der Waals surface area contributed by atoms with E-state index in [1.165, 1.54) is 0 Å². The van der Waals surface area contributed by atoms with E-state index in [4.69, 9.17) is 43.8 Å². The quantitative estimate of drug-likeness (QED) is 0.0709. The summed E-state index contributed by atoms with van der Waals surface area (Å²) in [4.78, 5) is 44.0. The summed E-state index contributed by atoms with van der Waals surface area (Å²) >= 11 is 12.8. The zero-order valence-corrected chi connectivity index (χ0v) is 35.1. The lowest BCUT2D eigenvalue weighted by Crippen LogP contribution is -2.24. The summed E-state index contributed by atoms with van der Waals surface area (Å²) in [5.74, 6) is -0.341. The molecule has 4 N–H and O–H groups in total. The highest BCUT2D eigenvalue weighted by atomic mass is 35.5. The summed E-state index contributed by atoms with van der Waals surface area (Å²) < 4.78 is 9.15. The zero-order valence-electron chi connectivity index (χ0n) is 33.6. The summed E-state index contributed by atoms with van der Waals surface area (Å²) in [6.07, 6.45) is 2.81. The number of nitrogens with zero attached hydrogens (tertiary/aromatic N) is 8. The largest absolute Gasteiger partial charge is 0.456 e. The molecule has 0 aliphatic heterocycles. The van der Waals surface area contributed by atoms with Crippen molar-refractivity contribution in [1.29, 1.82) is 0 Å². The predicted octanol–water partition coefficient (Wildman–Crippen LogP) is 8.17. The molecule has 4 heterocycles. The highest BCUT2D eigenvalue weighted by molar-refractivity contribution is 6.30. The Bertz CT molecular complexity index is 2860. The summed E-state index contributed by atoms with van der Waals surface area (Å²) in [6, 6.07) is 37.1. The van der Waals surface area contributed by atoms with Crippen LogP contribution in [0.3, 0.4) is 0 Å². The number of aromatic nitrogens is 8. The fraction of sp³-hybridized carbons (Fsp3) is 0.130. The van der Waals surface area contributed by atoms with Gasteiger partial charge in [0.25, 0.3) is 5.91 Å². The Morgan fingerprint density at radius 3 is 2.13 bits per heavy atom. The van der Waals surface area contributed by atoms with Crippen molar-refractivity contribution in [3.05, 3.63) is 182 Å². The number of carbonyl (C=O) groups excluding carboxylic acids is 2. The van der Waals surface area contributed by atoms with Crippen LogP contribution in [0.1, 0.15) is 54.2 Å². The van der Waals surface area contributed by atoms with Crippen molar-refractivity contribution in [2.75, 3.05) is 11.1 Å². The van der Waals surface area contributed by atoms with E-state index in [2.05, 4.69) is 30.7 Å². The van der Waals surface area contributed by atoms with E-state index in [9.17, 15) is 9.59 Å². The average molecular weight is 865 g/mol. The van der Waals surface area contributed by atoms with Crippen LogP contribution >= 0.6 is 23.2 Å². The van der Waals surface area contributed by atoms with Crippen LogP contribution in [0.5, 0.6) is 0 Å². The lowest BCUT2D eigenvalue weighted by atomic mass is 9.98. The molecule has 62 heavy (non-hydrogen) atoms. The number of hydrogen-bond acceptors (Lipinski definition) is 11. The average Bonchev–Trinajstić information content (AvgIpc) is 3.79. The minimum absolute atomic E-state index is 0.00607. The molecule has 0 saturated carbocycles. The van der Waals surface area contributed by atoms with Crippen LogP contribution in [0.15, 0.2) is 128 Å². The Labute approximate surface area is 366 Å². The van der Waals surface area contributed by atoms with E-state index in [0.717, 1.165) is 33.5 Å². The molecule has 0 saturated heterocycles. The van der Waals surface area contributed by atoms with E-state index in [0.29, 0.717) is 52.4 Å². The Hall–Kier alpha value is -7.42. The molecule has 0 unspecified atom stereocenters. The van der Waals surface area contributed by atoms with Gasteiger partial charge in [0.2, 0.25) is 11.9 Å². The van der Waals surface area contributed by atoms with Gasteiger partial charge < -0.3 is 21.1 Å². The van der Waals surface area contributed by atoms with Crippen molar-refractivity contribution in [1.82, 2.24) is 44.8 Å². The molecule has 4 aromatic carbocycles. The third kappa shape index (κ3) is 9.78. The number of aryl methyl sites for hydroxylation is 2. The van der Waals surface area contributed by atoms with Gasteiger partial charge in [0.1, 0.15) is 28.3 Å². The third-order valence-corrected chi connectivity index (χ3v) is 10.3. The Morgan fingerprint density at radius 1 is 0.710 bits per heavy atom. The first kappa shape index (κ1) is 41.3. The minimum atomic E-state index is -0.432. The molecule has 0 aliphatic rings. The second-order valence-corrected chi connectivity index (χ2v) is 15.1. The molecule has 1 amide bonds. The van der Waals surface area contributed by atoms with Crippen LogP contribution in [0.2, 0.25) is 10.3 Å². The van der Waals surface area contributed by atoms with E-state index >= 15 is 0 Å². The molecule has 0 bridgehead atoms. The topological polar surface area (TPSA) is 181 Å². The predicted molar refractivity (Wildman–Crippen MR) is 238 cm³/mol. The number of ether oxygens (including phenoxy) is 1. The van der Waals surface area contributed by atoms with Gasteiger partial charge in [0.05, 0.1) is 22.6 Å². The fourth-order valence-corrected chi connectivity index (χ4v) is 7.39. The number of carbonyl (C=O) groups is 2. The maximum absolute atomic E-state index is 13.6. The zero-order chi connectivity index (χ0) is 43.2. The van der Waals surface area contributed by atoms with Gasteiger partial charge in [0, 0.05) is 74.2 Å². The molecular weight excluding hydrogens is 825 g/mol. The van der Waals surface area contributed by atoms with Crippen molar-refractivity contribution in [3.8, 4) is 22.8 Å². The Balaban J connectivity index is 0.958. The molecule has 8 rings (SSSR count). The number of amides is 1. The summed E-state index contributed by atoms with van der Waals surface area (Å²) in [6.45, 7) is 0.293. The monoisotopic (exact) mass is 863 g/mol. The summed E-state index contributed by atoms with van der Waals surface area (Å²) in [5.41, 5.74) is 14.9. The molecule has 0 atom stereocenters. The number of halogens is 2. The number of benzene rings is 4. The van der Waals surface area contributed by atoms with E-state index < -0.39 is 5.97 Å². The lowest BCUT2D eigenvalue weighted by Gasteiger charge is -2.12. The van der Waals surface area contributed by atoms with Crippen molar-refractivity contribution < 1.29 is 14.3 Å². The second-order valence-electron chi connectivity index (χ2n) is 14.4. The van der Waals surface area contributed by atoms with Crippen molar-refractivity contribution >= 4 is 52.7 Å². The normalized spacial score (nSPS) is 11.0. The highest BCUT2D eigenvalue weighted by Crippen LogP contribution is 2.31. The van der Waals surface area contributed by atoms with Crippen LogP contribution in [0, 0.1) is 0 Å².